The van der Waals surface area contributed by atoms with Gasteiger partial charge in [0.05, 0.1) is 18.4 Å². The first-order valence-electron chi connectivity index (χ1n) is 6.29. The van der Waals surface area contributed by atoms with Crippen LogP contribution < -0.4 is 0 Å². The van der Waals surface area contributed by atoms with Crippen molar-refractivity contribution in [2.45, 2.75) is 38.2 Å². The van der Waals surface area contributed by atoms with Crippen molar-refractivity contribution >= 4 is 11.9 Å². The van der Waals surface area contributed by atoms with E-state index in [9.17, 15) is 9.59 Å². The molecule has 0 spiro atoms. The molecule has 5 heteroatoms. The lowest BCUT2D eigenvalue weighted by Gasteiger charge is -2.24. The van der Waals surface area contributed by atoms with Crippen LogP contribution in [0.2, 0.25) is 0 Å². The molecular weight excluding hydrogens is 222 g/mol. The molecule has 0 unspecified atom stereocenters. The minimum atomic E-state index is -0.797. The Morgan fingerprint density at radius 1 is 1.29 bits per heavy atom. The van der Waals surface area contributed by atoms with Crippen LogP contribution in [0.3, 0.4) is 0 Å². The average molecular weight is 241 g/mol. The molecular formula is C12H19NO4. The Labute approximate surface area is 101 Å². The molecule has 0 radical (unpaired) electrons. The number of carboxylic acids is 1. The number of nitrogens with zero attached hydrogens (tertiary/aromatic N) is 1. The van der Waals surface area contributed by atoms with Gasteiger partial charge in [-0.05, 0) is 25.7 Å². The maximum absolute atomic E-state index is 11.9. The van der Waals surface area contributed by atoms with E-state index in [0.29, 0.717) is 25.9 Å². The molecule has 2 rings (SSSR count). The van der Waals surface area contributed by atoms with Gasteiger partial charge in [0, 0.05) is 19.7 Å². The van der Waals surface area contributed by atoms with Gasteiger partial charge >= 0.3 is 5.97 Å². The highest BCUT2D eigenvalue weighted by atomic mass is 16.5. The van der Waals surface area contributed by atoms with Crippen molar-refractivity contribution in [2.24, 2.45) is 5.92 Å². The van der Waals surface area contributed by atoms with Crippen LogP contribution in [-0.2, 0) is 14.3 Å². The highest BCUT2D eigenvalue weighted by Gasteiger charge is 2.31. The van der Waals surface area contributed by atoms with Gasteiger partial charge in [-0.25, -0.2) is 0 Å². The topological polar surface area (TPSA) is 66.8 Å². The molecule has 0 aliphatic carbocycles. The zero-order chi connectivity index (χ0) is 12.3. The van der Waals surface area contributed by atoms with Crippen molar-refractivity contribution < 1.29 is 19.4 Å². The van der Waals surface area contributed by atoms with Crippen LogP contribution in [0.15, 0.2) is 0 Å². The quantitative estimate of drug-likeness (QED) is 0.796. The summed E-state index contributed by atoms with van der Waals surface area (Å²) in [6.45, 7) is 1.68. The number of carboxylic acid groups (broad SMARTS) is 1. The molecule has 2 aliphatic heterocycles. The van der Waals surface area contributed by atoms with Gasteiger partial charge in [0.25, 0.3) is 0 Å². The first-order chi connectivity index (χ1) is 8.16. The molecule has 0 saturated carbocycles. The molecule has 1 N–H and O–H groups in total. The van der Waals surface area contributed by atoms with Crippen LogP contribution in [0.4, 0.5) is 0 Å². The van der Waals surface area contributed by atoms with Crippen LogP contribution >= 0.6 is 0 Å². The Bertz CT molecular complexity index is 299. The number of amides is 1. The van der Waals surface area contributed by atoms with E-state index in [-0.39, 0.29) is 17.9 Å². The Morgan fingerprint density at radius 2 is 2.12 bits per heavy atom. The molecule has 2 heterocycles. The average Bonchev–Trinajstić information content (AvgIpc) is 2.79. The fraction of sp³-hybridized carbons (Fsp3) is 0.833. The minimum Gasteiger partial charge on any atom is -0.481 e. The monoisotopic (exact) mass is 241 g/mol. The number of rotatable bonds is 3. The summed E-state index contributed by atoms with van der Waals surface area (Å²) in [4.78, 5) is 24.4. The molecule has 2 aliphatic rings. The van der Waals surface area contributed by atoms with E-state index in [2.05, 4.69) is 0 Å². The highest BCUT2D eigenvalue weighted by Crippen LogP contribution is 2.20. The SMILES string of the molecule is O=C(O)[C@H]1CCN(C(=O)C[C@H]2CCCCO2)C1. The summed E-state index contributed by atoms with van der Waals surface area (Å²) in [5.41, 5.74) is 0. The predicted molar refractivity (Wildman–Crippen MR) is 60.5 cm³/mol. The van der Waals surface area contributed by atoms with E-state index in [0.717, 1.165) is 25.9 Å². The lowest BCUT2D eigenvalue weighted by Crippen LogP contribution is -2.34. The highest BCUT2D eigenvalue weighted by molar-refractivity contribution is 5.79. The van der Waals surface area contributed by atoms with Crippen LogP contribution in [0.25, 0.3) is 0 Å². The summed E-state index contributed by atoms with van der Waals surface area (Å²) in [7, 11) is 0. The molecule has 2 saturated heterocycles. The van der Waals surface area contributed by atoms with Crippen LogP contribution in [0, 0.1) is 5.92 Å². The third-order valence-corrected chi connectivity index (χ3v) is 3.57. The summed E-state index contributed by atoms with van der Waals surface area (Å²) in [5.74, 6) is -1.14. The third kappa shape index (κ3) is 3.19. The number of hydrogen-bond acceptors (Lipinski definition) is 3. The maximum atomic E-state index is 11.9. The summed E-state index contributed by atoms with van der Waals surface area (Å²) in [5, 5.41) is 8.87. The Kier molecular flexibility index (Phi) is 3.99. The third-order valence-electron chi connectivity index (χ3n) is 3.57. The zero-order valence-corrected chi connectivity index (χ0v) is 9.93. The second-order valence-electron chi connectivity index (χ2n) is 4.86. The van der Waals surface area contributed by atoms with Crippen molar-refractivity contribution in [1.82, 2.24) is 4.90 Å². The number of ether oxygens (including phenoxy) is 1. The van der Waals surface area contributed by atoms with E-state index in [1.54, 1.807) is 4.90 Å². The molecule has 5 nitrogen and oxygen atoms in total. The van der Waals surface area contributed by atoms with Crippen molar-refractivity contribution in [2.75, 3.05) is 19.7 Å². The zero-order valence-electron chi connectivity index (χ0n) is 9.93. The number of carbonyl (C=O) groups excluding carboxylic acids is 1. The summed E-state index contributed by atoms with van der Waals surface area (Å²) < 4.78 is 5.52. The molecule has 2 fully saturated rings. The van der Waals surface area contributed by atoms with Crippen molar-refractivity contribution in [3.05, 3.63) is 0 Å². The number of aliphatic carboxylic acids is 1. The first kappa shape index (κ1) is 12.4. The van der Waals surface area contributed by atoms with Gasteiger partial charge in [-0.2, -0.15) is 0 Å². The molecule has 96 valence electrons. The lowest BCUT2D eigenvalue weighted by molar-refractivity contribution is -0.141. The second-order valence-corrected chi connectivity index (χ2v) is 4.86. The Morgan fingerprint density at radius 3 is 2.71 bits per heavy atom. The number of likely N-dealkylation sites (tertiary alicyclic amines) is 1. The summed E-state index contributed by atoms with van der Waals surface area (Å²) in [6, 6.07) is 0. The van der Waals surface area contributed by atoms with E-state index >= 15 is 0 Å². The molecule has 0 aromatic carbocycles. The predicted octanol–water partition coefficient (Wildman–Crippen LogP) is 0.879. The standard InChI is InChI=1S/C12H19NO4/c14-11(7-10-3-1-2-6-17-10)13-5-4-9(8-13)12(15)16/h9-10H,1-8H2,(H,15,16)/t9-,10+/m0/s1. The summed E-state index contributed by atoms with van der Waals surface area (Å²) in [6.07, 6.45) is 4.17. The summed E-state index contributed by atoms with van der Waals surface area (Å²) >= 11 is 0. The van der Waals surface area contributed by atoms with Gasteiger partial charge in [0.2, 0.25) is 5.91 Å². The van der Waals surface area contributed by atoms with Gasteiger partial charge in [0.15, 0.2) is 0 Å². The fourth-order valence-corrected chi connectivity index (χ4v) is 2.48. The van der Waals surface area contributed by atoms with Gasteiger partial charge in [0.1, 0.15) is 0 Å². The Balaban J connectivity index is 1.78. The fourth-order valence-electron chi connectivity index (χ4n) is 2.48. The largest absolute Gasteiger partial charge is 0.481 e. The molecule has 2 atom stereocenters. The van der Waals surface area contributed by atoms with Crippen molar-refractivity contribution in [1.29, 1.82) is 0 Å². The van der Waals surface area contributed by atoms with Crippen molar-refractivity contribution in [3.8, 4) is 0 Å². The maximum Gasteiger partial charge on any atom is 0.308 e. The van der Waals surface area contributed by atoms with Gasteiger partial charge in [-0.15, -0.1) is 0 Å². The van der Waals surface area contributed by atoms with Crippen LogP contribution in [0.5, 0.6) is 0 Å². The minimum absolute atomic E-state index is 0.0418. The second kappa shape index (κ2) is 5.49. The molecule has 0 bridgehead atoms. The molecule has 0 aromatic rings. The number of carbonyl (C=O) groups is 2. The lowest BCUT2D eigenvalue weighted by atomic mass is 10.1. The van der Waals surface area contributed by atoms with E-state index in [1.165, 1.54) is 0 Å². The van der Waals surface area contributed by atoms with Gasteiger partial charge < -0.3 is 14.7 Å². The van der Waals surface area contributed by atoms with Crippen LogP contribution in [-0.4, -0.2) is 47.7 Å². The van der Waals surface area contributed by atoms with E-state index in [1.807, 2.05) is 0 Å². The number of hydrogen-bond donors (Lipinski definition) is 1. The van der Waals surface area contributed by atoms with Gasteiger partial charge in [-0.1, -0.05) is 0 Å². The normalized spacial score (nSPS) is 29.3. The Hall–Kier alpha value is -1.10. The molecule has 1 amide bonds. The smallest absolute Gasteiger partial charge is 0.308 e. The van der Waals surface area contributed by atoms with Crippen LogP contribution in [0.1, 0.15) is 32.1 Å². The van der Waals surface area contributed by atoms with E-state index < -0.39 is 5.97 Å². The van der Waals surface area contributed by atoms with Crippen molar-refractivity contribution in [3.63, 3.8) is 0 Å². The van der Waals surface area contributed by atoms with Gasteiger partial charge in [-0.3, -0.25) is 9.59 Å². The molecule has 17 heavy (non-hydrogen) atoms. The van der Waals surface area contributed by atoms with E-state index in [4.69, 9.17) is 9.84 Å². The first-order valence-corrected chi connectivity index (χ1v) is 6.29. The molecule has 0 aromatic heterocycles.